The van der Waals surface area contributed by atoms with Crippen LogP contribution >= 0.6 is 0 Å². The van der Waals surface area contributed by atoms with Crippen LogP contribution in [0.1, 0.15) is 29.9 Å². The van der Waals surface area contributed by atoms with E-state index in [1.807, 2.05) is 19.1 Å². The summed E-state index contributed by atoms with van der Waals surface area (Å²) < 4.78 is 1.33. The van der Waals surface area contributed by atoms with Gasteiger partial charge in [0.25, 0.3) is 5.91 Å². The summed E-state index contributed by atoms with van der Waals surface area (Å²) in [4.78, 5) is 34.3. The number of imide groups is 1. The second kappa shape index (κ2) is 6.17. The zero-order chi connectivity index (χ0) is 16.3. The largest absolute Gasteiger partial charge is 0.309 e. The molecule has 2 aromatic rings. The molecule has 2 N–H and O–H groups in total. The van der Waals surface area contributed by atoms with Crippen LogP contribution in [0.15, 0.2) is 24.3 Å². The van der Waals surface area contributed by atoms with E-state index in [9.17, 15) is 14.4 Å². The number of carbonyl (C=O) groups is 3. The molecule has 3 amide bonds. The summed E-state index contributed by atoms with van der Waals surface area (Å²) in [7, 11) is 0. The molecular formula is C14H15N5O3. The lowest BCUT2D eigenvalue weighted by atomic mass is 10.2. The quantitative estimate of drug-likeness (QED) is 0.872. The van der Waals surface area contributed by atoms with E-state index in [1.54, 1.807) is 12.1 Å². The van der Waals surface area contributed by atoms with Gasteiger partial charge in [-0.05, 0) is 19.1 Å². The lowest BCUT2D eigenvalue weighted by Gasteiger charge is -2.08. The van der Waals surface area contributed by atoms with Gasteiger partial charge in [-0.25, -0.2) is 0 Å². The Morgan fingerprint density at radius 3 is 2.23 bits per heavy atom. The molecule has 0 aliphatic rings. The van der Waals surface area contributed by atoms with Gasteiger partial charge in [0.1, 0.15) is 0 Å². The first kappa shape index (κ1) is 15.4. The van der Waals surface area contributed by atoms with Crippen molar-refractivity contribution in [2.24, 2.45) is 0 Å². The molecular weight excluding hydrogens is 286 g/mol. The molecule has 22 heavy (non-hydrogen) atoms. The zero-order valence-electron chi connectivity index (χ0n) is 12.4. The Morgan fingerprint density at radius 1 is 1.05 bits per heavy atom. The average molecular weight is 301 g/mol. The van der Waals surface area contributed by atoms with Gasteiger partial charge in [-0.15, -0.1) is 5.10 Å². The Labute approximate surface area is 126 Å². The molecule has 0 saturated carbocycles. The lowest BCUT2D eigenvalue weighted by Crippen LogP contribution is -2.29. The number of hydrogen-bond acceptors (Lipinski definition) is 5. The van der Waals surface area contributed by atoms with Crippen molar-refractivity contribution in [2.75, 3.05) is 5.32 Å². The van der Waals surface area contributed by atoms with Crippen molar-refractivity contribution in [1.82, 2.24) is 20.3 Å². The van der Waals surface area contributed by atoms with Gasteiger partial charge < -0.3 is 5.32 Å². The smallest absolute Gasteiger partial charge is 0.282 e. The van der Waals surface area contributed by atoms with Gasteiger partial charge in [-0.1, -0.05) is 22.9 Å². The molecule has 8 heteroatoms. The number of hydrogen-bond donors (Lipinski definition) is 2. The summed E-state index contributed by atoms with van der Waals surface area (Å²) in [6.45, 7) is 4.45. The van der Waals surface area contributed by atoms with Crippen LogP contribution < -0.4 is 10.6 Å². The number of nitrogens with one attached hydrogen (secondary N) is 2. The van der Waals surface area contributed by atoms with Gasteiger partial charge in [0, 0.05) is 13.8 Å². The Balaban J connectivity index is 2.48. The Hall–Kier alpha value is -3.03. The van der Waals surface area contributed by atoms with Crippen LogP contribution in [0.5, 0.6) is 0 Å². The minimum Gasteiger partial charge on any atom is -0.309 e. The van der Waals surface area contributed by atoms with Gasteiger partial charge in [0.15, 0.2) is 11.5 Å². The maximum absolute atomic E-state index is 12.0. The maximum Gasteiger partial charge on any atom is 0.282 e. The molecule has 114 valence electrons. The summed E-state index contributed by atoms with van der Waals surface area (Å²) >= 11 is 0. The van der Waals surface area contributed by atoms with Crippen molar-refractivity contribution in [3.8, 4) is 5.69 Å². The van der Waals surface area contributed by atoms with Crippen molar-refractivity contribution >= 4 is 23.5 Å². The third-order valence-electron chi connectivity index (χ3n) is 2.75. The molecule has 0 bridgehead atoms. The van der Waals surface area contributed by atoms with Crippen LogP contribution in [0.4, 0.5) is 5.82 Å². The second-order valence-electron chi connectivity index (χ2n) is 4.73. The number of rotatable bonds is 3. The third-order valence-corrected chi connectivity index (χ3v) is 2.75. The van der Waals surface area contributed by atoms with E-state index in [0.717, 1.165) is 5.56 Å². The molecule has 2 rings (SSSR count). The number of anilines is 1. The molecule has 0 fully saturated rings. The van der Waals surface area contributed by atoms with Crippen molar-refractivity contribution in [2.45, 2.75) is 20.8 Å². The molecule has 0 unspecified atom stereocenters. The van der Waals surface area contributed by atoms with E-state index in [4.69, 9.17) is 0 Å². The molecule has 0 radical (unpaired) electrons. The van der Waals surface area contributed by atoms with Gasteiger partial charge in [0.05, 0.1) is 5.69 Å². The average Bonchev–Trinajstić information content (AvgIpc) is 2.82. The summed E-state index contributed by atoms with van der Waals surface area (Å²) in [5.74, 6) is -1.53. The summed E-state index contributed by atoms with van der Waals surface area (Å²) in [5.41, 5.74) is 1.55. The monoisotopic (exact) mass is 301 g/mol. The Morgan fingerprint density at radius 2 is 1.68 bits per heavy atom. The second-order valence-corrected chi connectivity index (χ2v) is 4.73. The minimum absolute atomic E-state index is 0.107. The van der Waals surface area contributed by atoms with Crippen LogP contribution in [0.2, 0.25) is 0 Å². The number of carbonyl (C=O) groups excluding carboxylic acids is 3. The standard InChI is InChI=1S/C14H15N5O3/c1-8-4-6-11(7-5-8)19-13(15-9(2)20)12(17-18-19)14(22)16-10(3)21/h4-7H,1-3H3,(H,15,20)(H,16,21,22). The topological polar surface area (TPSA) is 106 Å². The highest BCUT2D eigenvalue weighted by molar-refractivity contribution is 6.07. The number of amides is 3. The van der Waals surface area contributed by atoms with E-state index in [0.29, 0.717) is 5.69 Å². The van der Waals surface area contributed by atoms with E-state index >= 15 is 0 Å². The first-order chi connectivity index (χ1) is 10.4. The van der Waals surface area contributed by atoms with Gasteiger partial charge >= 0.3 is 0 Å². The van der Waals surface area contributed by atoms with Crippen molar-refractivity contribution in [3.63, 3.8) is 0 Å². The number of benzene rings is 1. The fraction of sp³-hybridized carbons (Fsp3) is 0.214. The van der Waals surface area contributed by atoms with Gasteiger partial charge in [-0.3, -0.25) is 19.7 Å². The highest BCUT2D eigenvalue weighted by atomic mass is 16.2. The van der Waals surface area contributed by atoms with E-state index in [-0.39, 0.29) is 17.4 Å². The number of nitrogens with zero attached hydrogens (tertiary/aromatic N) is 3. The van der Waals surface area contributed by atoms with Crippen molar-refractivity contribution in [1.29, 1.82) is 0 Å². The molecule has 0 spiro atoms. The van der Waals surface area contributed by atoms with E-state index in [2.05, 4.69) is 20.9 Å². The third kappa shape index (κ3) is 3.35. The predicted molar refractivity (Wildman–Crippen MR) is 78.5 cm³/mol. The van der Waals surface area contributed by atoms with Gasteiger partial charge in [0.2, 0.25) is 11.8 Å². The normalized spacial score (nSPS) is 10.1. The molecule has 1 heterocycles. The Kier molecular flexibility index (Phi) is 4.31. The first-order valence-corrected chi connectivity index (χ1v) is 6.50. The number of aromatic nitrogens is 3. The lowest BCUT2D eigenvalue weighted by molar-refractivity contribution is -0.118. The molecule has 0 saturated heterocycles. The van der Waals surface area contributed by atoms with Crippen LogP contribution in [0, 0.1) is 6.92 Å². The summed E-state index contributed by atoms with van der Waals surface area (Å²) in [6.07, 6.45) is 0. The molecule has 0 aliphatic carbocycles. The fourth-order valence-corrected chi connectivity index (χ4v) is 1.80. The Bertz CT molecular complexity index is 733. The molecule has 0 aliphatic heterocycles. The first-order valence-electron chi connectivity index (χ1n) is 6.50. The van der Waals surface area contributed by atoms with E-state index in [1.165, 1.54) is 18.5 Å². The maximum atomic E-state index is 12.0. The van der Waals surface area contributed by atoms with Crippen LogP contribution in [-0.2, 0) is 9.59 Å². The van der Waals surface area contributed by atoms with Crippen LogP contribution in [0.3, 0.4) is 0 Å². The summed E-state index contributed by atoms with van der Waals surface area (Å²) in [6, 6.07) is 7.29. The molecule has 1 aromatic heterocycles. The summed E-state index contributed by atoms with van der Waals surface area (Å²) in [5, 5.41) is 12.3. The minimum atomic E-state index is -0.727. The highest BCUT2D eigenvalue weighted by Gasteiger charge is 2.22. The van der Waals surface area contributed by atoms with Crippen LogP contribution in [-0.4, -0.2) is 32.7 Å². The molecule has 0 atom stereocenters. The van der Waals surface area contributed by atoms with Crippen molar-refractivity contribution in [3.05, 3.63) is 35.5 Å². The number of aryl methyl sites for hydroxylation is 1. The van der Waals surface area contributed by atoms with Gasteiger partial charge in [-0.2, -0.15) is 4.68 Å². The molecule has 1 aromatic carbocycles. The zero-order valence-corrected chi connectivity index (χ0v) is 12.4. The van der Waals surface area contributed by atoms with Crippen molar-refractivity contribution < 1.29 is 14.4 Å². The van der Waals surface area contributed by atoms with Crippen LogP contribution in [0.25, 0.3) is 5.69 Å². The highest BCUT2D eigenvalue weighted by Crippen LogP contribution is 2.18. The fourth-order valence-electron chi connectivity index (χ4n) is 1.80. The predicted octanol–water partition coefficient (Wildman–Crippen LogP) is 0.810. The SMILES string of the molecule is CC(=O)NC(=O)c1nnn(-c2ccc(C)cc2)c1NC(C)=O. The van der Waals surface area contributed by atoms with E-state index < -0.39 is 11.8 Å². The molecule has 8 nitrogen and oxygen atoms in total.